The van der Waals surface area contributed by atoms with E-state index in [0.29, 0.717) is 5.92 Å². The first-order valence-electron chi connectivity index (χ1n) is 4.78. The predicted octanol–water partition coefficient (Wildman–Crippen LogP) is 1.50. The molecule has 0 saturated heterocycles. The van der Waals surface area contributed by atoms with Crippen LogP contribution in [0.1, 0.15) is 33.6 Å². The van der Waals surface area contributed by atoms with Gasteiger partial charge < -0.3 is 10.2 Å². The van der Waals surface area contributed by atoms with Gasteiger partial charge in [-0.15, -0.1) is 0 Å². The van der Waals surface area contributed by atoms with Crippen LogP contribution in [0.3, 0.4) is 0 Å². The Morgan fingerprint density at radius 1 is 1.46 bits per heavy atom. The van der Waals surface area contributed by atoms with Crippen LogP contribution in [-0.2, 0) is 4.79 Å². The Labute approximate surface area is 78.8 Å². The smallest absolute Gasteiger partial charge is 0.332 e. The van der Waals surface area contributed by atoms with Crippen LogP contribution in [0.4, 0.5) is 0 Å². The number of carboxylic acid groups (broad SMARTS) is 1. The molecular weight excluding hydrogens is 168 g/mol. The van der Waals surface area contributed by atoms with Crippen LogP contribution < -0.4 is 0 Å². The van der Waals surface area contributed by atoms with Crippen molar-refractivity contribution in [1.82, 2.24) is 0 Å². The van der Waals surface area contributed by atoms with E-state index in [2.05, 4.69) is 6.92 Å². The van der Waals surface area contributed by atoms with Crippen LogP contribution in [0.25, 0.3) is 0 Å². The maximum Gasteiger partial charge on any atom is 0.332 e. The van der Waals surface area contributed by atoms with Crippen LogP contribution in [0, 0.1) is 17.3 Å². The van der Waals surface area contributed by atoms with Crippen molar-refractivity contribution in [3.05, 3.63) is 0 Å². The fourth-order valence-corrected chi connectivity index (χ4v) is 2.28. The number of hydrogen-bond acceptors (Lipinski definition) is 2. The van der Waals surface area contributed by atoms with E-state index in [4.69, 9.17) is 5.11 Å². The van der Waals surface area contributed by atoms with Gasteiger partial charge in [0.25, 0.3) is 0 Å². The first-order valence-corrected chi connectivity index (χ1v) is 4.78. The number of aliphatic hydroxyl groups excluding tert-OH is 1. The molecule has 0 unspecified atom stereocenters. The minimum absolute atomic E-state index is 0.0577. The second kappa shape index (κ2) is 3.29. The highest BCUT2D eigenvalue weighted by Gasteiger charge is 2.45. The minimum Gasteiger partial charge on any atom is -0.479 e. The van der Waals surface area contributed by atoms with Crippen molar-refractivity contribution in [3.63, 3.8) is 0 Å². The van der Waals surface area contributed by atoms with Crippen molar-refractivity contribution in [2.45, 2.75) is 39.7 Å². The van der Waals surface area contributed by atoms with E-state index in [-0.39, 0.29) is 11.3 Å². The lowest BCUT2D eigenvalue weighted by molar-refractivity contribution is -0.152. The summed E-state index contributed by atoms with van der Waals surface area (Å²) < 4.78 is 0. The summed E-state index contributed by atoms with van der Waals surface area (Å²) in [6, 6.07) is 0. The topological polar surface area (TPSA) is 57.5 Å². The highest BCUT2D eigenvalue weighted by Crippen LogP contribution is 2.48. The number of rotatable bonds is 2. The van der Waals surface area contributed by atoms with Gasteiger partial charge in [0.1, 0.15) is 0 Å². The Kier molecular flexibility index (Phi) is 2.66. The van der Waals surface area contributed by atoms with Gasteiger partial charge in [-0.1, -0.05) is 20.8 Å². The molecule has 0 aliphatic heterocycles. The van der Waals surface area contributed by atoms with Crippen molar-refractivity contribution in [2.75, 3.05) is 0 Å². The van der Waals surface area contributed by atoms with Gasteiger partial charge in [-0.25, -0.2) is 4.79 Å². The van der Waals surface area contributed by atoms with Crippen molar-refractivity contribution in [1.29, 1.82) is 0 Å². The third kappa shape index (κ3) is 1.70. The second-order valence-electron chi connectivity index (χ2n) is 4.69. The van der Waals surface area contributed by atoms with E-state index in [1.807, 2.05) is 13.8 Å². The lowest BCUT2D eigenvalue weighted by Gasteiger charge is -2.32. The fraction of sp³-hybridized carbons (Fsp3) is 0.900. The summed E-state index contributed by atoms with van der Waals surface area (Å²) in [4.78, 5) is 10.6. The first-order chi connectivity index (χ1) is 5.87. The number of carbonyl (C=O) groups is 1. The molecule has 13 heavy (non-hydrogen) atoms. The molecule has 1 aliphatic rings. The molecule has 0 radical (unpaired) electrons. The third-order valence-corrected chi connectivity index (χ3v) is 3.77. The van der Waals surface area contributed by atoms with E-state index in [9.17, 15) is 9.90 Å². The number of aliphatic carboxylic acids is 1. The normalized spacial score (nSPS) is 34.5. The molecule has 3 heteroatoms. The maximum atomic E-state index is 10.6. The average molecular weight is 186 g/mol. The van der Waals surface area contributed by atoms with Gasteiger partial charge in [0.05, 0.1) is 0 Å². The summed E-state index contributed by atoms with van der Waals surface area (Å²) in [5.41, 5.74) is -0.0577. The van der Waals surface area contributed by atoms with Crippen molar-refractivity contribution in [2.24, 2.45) is 17.3 Å². The summed E-state index contributed by atoms with van der Waals surface area (Å²) in [6.07, 6.45) is 0.642. The highest BCUT2D eigenvalue weighted by atomic mass is 16.4. The molecule has 1 rings (SSSR count). The van der Waals surface area contributed by atoms with Gasteiger partial charge in [0.2, 0.25) is 0 Å². The third-order valence-electron chi connectivity index (χ3n) is 3.77. The second-order valence-corrected chi connectivity index (χ2v) is 4.69. The molecule has 0 bridgehead atoms. The van der Waals surface area contributed by atoms with E-state index in [0.717, 1.165) is 12.8 Å². The van der Waals surface area contributed by atoms with Crippen LogP contribution in [-0.4, -0.2) is 22.3 Å². The molecule has 1 aliphatic carbocycles. The fourth-order valence-electron chi connectivity index (χ4n) is 2.28. The quantitative estimate of drug-likeness (QED) is 0.687. The Hall–Kier alpha value is -0.570. The van der Waals surface area contributed by atoms with E-state index in [1.165, 1.54) is 0 Å². The van der Waals surface area contributed by atoms with Crippen LogP contribution in [0.15, 0.2) is 0 Å². The lowest BCUT2D eigenvalue weighted by Crippen LogP contribution is -2.37. The summed E-state index contributed by atoms with van der Waals surface area (Å²) in [7, 11) is 0. The van der Waals surface area contributed by atoms with Gasteiger partial charge in [-0.2, -0.15) is 0 Å². The van der Waals surface area contributed by atoms with Crippen LogP contribution in [0.2, 0.25) is 0 Å². The molecule has 3 nitrogen and oxygen atoms in total. The van der Waals surface area contributed by atoms with Crippen molar-refractivity contribution >= 4 is 5.97 Å². The van der Waals surface area contributed by atoms with Gasteiger partial charge in [0, 0.05) is 5.92 Å². The predicted molar refractivity (Wildman–Crippen MR) is 49.3 cm³/mol. The SMILES string of the molecule is C[C@@H]1CC[C@H]([C@H](O)C(=O)O)C1(C)C. The Morgan fingerprint density at radius 2 is 2.00 bits per heavy atom. The van der Waals surface area contributed by atoms with Gasteiger partial charge in [-0.05, 0) is 24.2 Å². The molecule has 0 spiro atoms. The summed E-state index contributed by atoms with van der Waals surface area (Å²) >= 11 is 0. The van der Waals surface area contributed by atoms with E-state index < -0.39 is 12.1 Å². The molecule has 76 valence electrons. The number of hydrogen-bond donors (Lipinski definition) is 2. The Bertz CT molecular complexity index is 210. The van der Waals surface area contributed by atoms with Gasteiger partial charge in [-0.3, -0.25) is 0 Å². The lowest BCUT2D eigenvalue weighted by atomic mass is 9.74. The molecule has 0 amide bonds. The number of carboxylic acids is 1. The number of aliphatic hydroxyl groups is 1. The zero-order chi connectivity index (χ0) is 10.2. The van der Waals surface area contributed by atoms with Crippen molar-refractivity contribution in [3.8, 4) is 0 Å². The van der Waals surface area contributed by atoms with Crippen LogP contribution >= 0.6 is 0 Å². The minimum atomic E-state index is -1.19. The van der Waals surface area contributed by atoms with Gasteiger partial charge >= 0.3 is 5.97 Å². The molecule has 0 aromatic rings. The maximum absolute atomic E-state index is 10.6. The van der Waals surface area contributed by atoms with Crippen LogP contribution in [0.5, 0.6) is 0 Å². The van der Waals surface area contributed by atoms with Gasteiger partial charge in [0.15, 0.2) is 6.10 Å². The first kappa shape index (κ1) is 10.5. The molecule has 0 aromatic heterocycles. The monoisotopic (exact) mass is 186 g/mol. The summed E-state index contributed by atoms with van der Waals surface area (Å²) in [5.74, 6) is -0.696. The molecule has 1 fully saturated rings. The standard InChI is InChI=1S/C10H18O3/c1-6-4-5-7(10(6,2)3)8(11)9(12)13/h6-8,11H,4-5H2,1-3H3,(H,12,13)/t6-,7-,8+/m1/s1. The molecule has 1 saturated carbocycles. The summed E-state index contributed by atoms with van der Waals surface area (Å²) in [6.45, 7) is 6.21. The van der Waals surface area contributed by atoms with E-state index >= 15 is 0 Å². The largest absolute Gasteiger partial charge is 0.479 e. The average Bonchev–Trinajstić information content (AvgIpc) is 2.26. The molecule has 2 N–H and O–H groups in total. The molecule has 0 aromatic carbocycles. The highest BCUT2D eigenvalue weighted by molar-refractivity contribution is 5.72. The zero-order valence-corrected chi connectivity index (χ0v) is 8.45. The van der Waals surface area contributed by atoms with Crippen molar-refractivity contribution < 1.29 is 15.0 Å². The Balaban J connectivity index is 2.77. The molecule has 3 atom stereocenters. The Morgan fingerprint density at radius 3 is 2.31 bits per heavy atom. The summed E-state index contributed by atoms with van der Waals surface area (Å²) in [5, 5.41) is 18.2. The zero-order valence-electron chi connectivity index (χ0n) is 8.45. The molecule has 0 heterocycles. The molecular formula is C10H18O3. The van der Waals surface area contributed by atoms with E-state index in [1.54, 1.807) is 0 Å².